The van der Waals surface area contributed by atoms with E-state index in [-0.39, 0.29) is 0 Å². The standard InChI is InChI=1S/C11H16N2O/c1-8-5-9(3-4-11(8)14-2)13-10-6-12-7-10/h3-5,10,12-13H,6-7H2,1-2H3. The van der Waals surface area contributed by atoms with Gasteiger partial charge in [0.2, 0.25) is 0 Å². The van der Waals surface area contributed by atoms with E-state index in [0.717, 1.165) is 18.8 Å². The lowest BCUT2D eigenvalue weighted by Crippen LogP contribution is -2.51. The smallest absolute Gasteiger partial charge is 0.121 e. The minimum atomic E-state index is 0.586. The lowest BCUT2D eigenvalue weighted by Gasteiger charge is -2.29. The van der Waals surface area contributed by atoms with Crippen LogP contribution >= 0.6 is 0 Å². The second-order valence-corrected chi connectivity index (χ2v) is 3.68. The summed E-state index contributed by atoms with van der Waals surface area (Å²) in [5, 5.41) is 6.68. The molecule has 0 bridgehead atoms. The van der Waals surface area contributed by atoms with E-state index in [1.807, 2.05) is 6.07 Å². The molecule has 1 aliphatic heterocycles. The van der Waals surface area contributed by atoms with E-state index >= 15 is 0 Å². The summed E-state index contributed by atoms with van der Waals surface area (Å²) in [5.41, 5.74) is 2.35. The van der Waals surface area contributed by atoms with Crippen LogP contribution in [0.5, 0.6) is 5.75 Å². The Bertz CT molecular complexity index is 321. The lowest BCUT2D eigenvalue weighted by atomic mass is 10.1. The van der Waals surface area contributed by atoms with Crippen molar-refractivity contribution in [3.63, 3.8) is 0 Å². The van der Waals surface area contributed by atoms with E-state index < -0.39 is 0 Å². The molecular weight excluding hydrogens is 176 g/mol. The summed E-state index contributed by atoms with van der Waals surface area (Å²) in [4.78, 5) is 0. The average Bonchev–Trinajstić information content (AvgIpc) is 2.12. The summed E-state index contributed by atoms with van der Waals surface area (Å²) >= 11 is 0. The van der Waals surface area contributed by atoms with Crippen LogP contribution in [0.15, 0.2) is 18.2 Å². The second-order valence-electron chi connectivity index (χ2n) is 3.68. The zero-order valence-corrected chi connectivity index (χ0v) is 8.63. The van der Waals surface area contributed by atoms with Crippen LogP contribution in [0, 0.1) is 6.92 Å². The molecule has 0 unspecified atom stereocenters. The first-order chi connectivity index (χ1) is 6.79. The molecule has 1 aliphatic rings. The molecule has 1 aromatic carbocycles. The Balaban J connectivity index is 2.07. The van der Waals surface area contributed by atoms with Gasteiger partial charge in [-0.05, 0) is 30.7 Å². The Hall–Kier alpha value is -1.22. The summed E-state index contributed by atoms with van der Waals surface area (Å²) in [6.45, 7) is 4.18. The highest BCUT2D eigenvalue weighted by Gasteiger charge is 2.15. The largest absolute Gasteiger partial charge is 0.496 e. The van der Waals surface area contributed by atoms with Crippen molar-refractivity contribution in [1.82, 2.24) is 5.32 Å². The average molecular weight is 192 g/mol. The highest BCUT2D eigenvalue weighted by atomic mass is 16.5. The van der Waals surface area contributed by atoms with Crippen molar-refractivity contribution in [3.05, 3.63) is 23.8 Å². The second kappa shape index (κ2) is 3.88. The molecule has 2 N–H and O–H groups in total. The molecule has 1 aromatic rings. The molecule has 1 saturated heterocycles. The maximum Gasteiger partial charge on any atom is 0.121 e. The highest BCUT2D eigenvalue weighted by molar-refractivity contribution is 5.51. The molecule has 0 aliphatic carbocycles. The molecule has 0 spiro atoms. The van der Waals surface area contributed by atoms with Crippen molar-refractivity contribution in [1.29, 1.82) is 0 Å². The number of hydrogen-bond acceptors (Lipinski definition) is 3. The van der Waals surface area contributed by atoms with Crippen molar-refractivity contribution < 1.29 is 4.74 Å². The van der Waals surface area contributed by atoms with Gasteiger partial charge in [0.25, 0.3) is 0 Å². The molecule has 14 heavy (non-hydrogen) atoms. The first-order valence-electron chi connectivity index (χ1n) is 4.91. The predicted molar refractivity (Wildman–Crippen MR) is 58.0 cm³/mol. The fourth-order valence-corrected chi connectivity index (χ4v) is 1.59. The Morgan fingerprint density at radius 3 is 2.71 bits per heavy atom. The molecule has 3 nitrogen and oxygen atoms in total. The molecule has 1 heterocycles. The van der Waals surface area contributed by atoms with Gasteiger partial charge in [0.1, 0.15) is 5.75 Å². The summed E-state index contributed by atoms with van der Waals surface area (Å²) in [6, 6.07) is 6.77. The van der Waals surface area contributed by atoms with Gasteiger partial charge in [-0.15, -0.1) is 0 Å². The van der Waals surface area contributed by atoms with E-state index in [2.05, 4.69) is 29.7 Å². The van der Waals surface area contributed by atoms with Crippen molar-refractivity contribution >= 4 is 5.69 Å². The monoisotopic (exact) mass is 192 g/mol. The summed E-state index contributed by atoms with van der Waals surface area (Å²) < 4.78 is 5.21. The fraction of sp³-hybridized carbons (Fsp3) is 0.455. The molecule has 76 valence electrons. The van der Waals surface area contributed by atoms with Crippen LogP contribution in [0.1, 0.15) is 5.56 Å². The van der Waals surface area contributed by atoms with E-state index in [0.29, 0.717) is 6.04 Å². The zero-order valence-electron chi connectivity index (χ0n) is 8.63. The SMILES string of the molecule is COc1ccc(NC2CNC2)cc1C. The Labute approximate surface area is 84.5 Å². The Morgan fingerprint density at radius 2 is 2.21 bits per heavy atom. The van der Waals surface area contributed by atoms with Gasteiger partial charge in [-0.1, -0.05) is 0 Å². The maximum absolute atomic E-state index is 5.21. The van der Waals surface area contributed by atoms with Gasteiger partial charge in [0.05, 0.1) is 13.2 Å². The molecule has 0 atom stereocenters. The van der Waals surface area contributed by atoms with E-state index in [1.54, 1.807) is 7.11 Å². The van der Waals surface area contributed by atoms with Crippen LogP contribution in [-0.2, 0) is 0 Å². The quantitative estimate of drug-likeness (QED) is 0.759. The molecule has 1 fully saturated rings. The Morgan fingerprint density at radius 1 is 1.43 bits per heavy atom. The molecule has 0 radical (unpaired) electrons. The van der Waals surface area contributed by atoms with Crippen LogP contribution in [0.3, 0.4) is 0 Å². The summed E-state index contributed by atoms with van der Waals surface area (Å²) in [6.07, 6.45) is 0. The first-order valence-corrected chi connectivity index (χ1v) is 4.91. The summed E-state index contributed by atoms with van der Waals surface area (Å²) in [7, 11) is 1.70. The number of ether oxygens (including phenoxy) is 1. The summed E-state index contributed by atoms with van der Waals surface area (Å²) in [5.74, 6) is 0.947. The van der Waals surface area contributed by atoms with Crippen molar-refractivity contribution in [3.8, 4) is 5.75 Å². The number of methoxy groups -OCH3 is 1. The third-order valence-electron chi connectivity index (χ3n) is 2.55. The van der Waals surface area contributed by atoms with E-state index in [4.69, 9.17) is 4.74 Å². The van der Waals surface area contributed by atoms with Crippen LogP contribution in [0.2, 0.25) is 0 Å². The third-order valence-corrected chi connectivity index (χ3v) is 2.55. The predicted octanol–water partition coefficient (Wildman–Crippen LogP) is 1.39. The van der Waals surface area contributed by atoms with Crippen LogP contribution in [0.25, 0.3) is 0 Å². The van der Waals surface area contributed by atoms with Gasteiger partial charge in [-0.3, -0.25) is 0 Å². The zero-order chi connectivity index (χ0) is 9.97. The molecular formula is C11H16N2O. The van der Waals surface area contributed by atoms with Gasteiger partial charge in [0, 0.05) is 18.8 Å². The van der Waals surface area contributed by atoms with Gasteiger partial charge in [-0.25, -0.2) is 0 Å². The number of aryl methyl sites for hydroxylation is 1. The van der Waals surface area contributed by atoms with Gasteiger partial charge >= 0.3 is 0 Å². The van der Waals surface area contributed by atoms with Crippen molar-refractivity contribution in [2.45, 2.75) is 13.0 Å². The maximum atomic E-state index is 5.21. The van der Waals surface area contributed by atoms with Gasteiger partial charge < -0.3 is 15.4 Å². The minimum absolute atomic E-state index is 0.586. The van der Waals surface area contributed by atoms with Gasteiger partial charge in [-0.2, -0.15) is 0 Å². The van der Waals surface area contributed by atoms with Crippen LogP contribution in [0.4, 0.5) is 5.69 Å². The number of benzene rings is 1. The van der Waals surface area contributed by atoms with Crippen LogP contribution in [-0.4, -0.2) is 26.2 Å². The molecule has 2 rings (SSSR count). The number of rotatable bonds is 3. The highest BCUT2D eigenvalue weighted by Crippen LogP contribution is 2.22. The molecule has 0 saturated carbocycles. The normalized spacial score (nSPS) is 16.1. The number of nitrogens with one attached hydrogen (secondary N) is 2. The minimum Gasteiger partial charge on any atom is -0.496 e. The van der Waals surface area contributed by atoms with Crippen LogP contribution < -0.4 is 15.4 Å². The fourth-order valence-electron chi connectivity index (χ4n) is 1.59. The number of anilines is 1. The van der Waals surface area contributed by atoms with Crippen molar-refractivity contribution in [2.24, 2.45) is 0 Å². The first kappa shape index (κ1) is 9.34. The molecule has 3 heteroatoms. The topological polar surface area (TPSA) is 33.3 Å². The van der Waals surface area contributed by atoms with Crippen molar-refractivity contribution in [2.75, 3.05) is 25.5 Å². The molecule has 0 amide bonds. The third kappa shape index (κ3) is 1.82. The lowest BCUT2D eigenvalue weighted by molar-refractivity contribution is 0.411. The number of hydrogen-bond donors (Lipinski definition) is 2. The van der Waals surface area contributed by atoms with E-state index in [9.17, 15) is 0 Å². The Kier molecular flexibility index (Phi) is 2.59. The van der Waals surface area contributed by atoms with Gasteiger partial charge in [0.15, 0.2) is 0 Å². The van der Waals surface area contributed by atoms with E-state index in [1.165, 1.54) is 11.3 Å². The molecule has 0 aromatic heterocycles.